The maximum Gasteiger partial charge on any atom is 0.439 e. The van der Waals surface area contributed by atoms with Crippen LogP contribution in [0.2, 0.25) is 5.02 Å². The van der Waals surface area contributed by atoms with Gasteiger partial charge in [0.15, 0.2) is 5.82 Å². The monoisotopic (exact) mass is 264 g/mol. The molecule has 0 amide bonds. The van der Waals surface area contributed by atoms with Gasteiger partial charge >= 0.3 is 11.9 Å². The molecule has 0 bridgehead atoms. The molecule has 1 aromatic heterocycles. The predicted molar refractivity (Wildman–Crippen MR) is 52.6 cm³/mol. The highest BCUT2D eigenvalue weighted by Crippen LogP contribution is 2.34. The summed E-state index contributed by atoms with van der Waals surface area (Å²) in [4.78, 5) is 12.9. The van der Waals surface area contributed by atoms with Crippen molar-refractivity contribution >= 4 is 11.6 Å². The second-order valence-electron chi connectivity index (χ2n) is 3.14. The van der Waals surface area contributed by atoms with E-state index in [2.05, 4.69) is 14.7 Å². The summed E-state index contributed by atoms with van der Waals surface area (Å²) >= 11 is 5.68. The average Bonchev–Trinajstić information content (AvgIpc) is 2.63. The number of hydrogen-bond donors (Lipinski definition) is 1. The SMILES string of the molecule is O=c1[nH]c(-c2ccc(C(F)(F)F)cc2Cl)no1. The van der Waals surface area contributed by atoms with E-state index in [0.717, 1.165) is 18.2 Å². The van der Waals surface area contributed by atoms with E-state index >= 15 is 0 Å². The van der Waals surface area contributed by atoms with E-state index in [9.17, 15) is 18.0 Å². The lowest BCUT2D eigenvalue weighted by atomic mass is 10.1. The molecule has 0 aliphatic carbocycles. The van der Waals surface area contributed by atoms with E-state index in [4.69, 9.17) is 11.6 Å². The number of hydrogen-bond acceptors (Lipinski definition) is 3. The lowest BCUT2D eigenvalue weighted by Crippen LogP contribution is -2.04. The van der Waals surface area contributed by atoms with Crippen LogP contribution in [0.1, 0.15) is 5.56 Å². The van der Waals surface area contributed by atoms with Gasteiger partial charge in [0.2, 0.25) is 0 Å². The summed E-state index contributed by atoms with van der Waals surface area (Å²) in [6, 6.07) is 2.71. The van der Waals surface area contributed by atoms with E-state index < -0.39 is 17.5 Å². The Morgan fingerprint density at radius 2 is 2.06 bits per heavy atom. The fourth-order valence-corrected chi connectivity index (χ4v) is 1.50. The molecule has 17 heavy (non-hydrogen) atoms. The average molecular weight is 265 g/mol. The highest BCUT2D eigenvalue weighted by atomic mass is 35.5. The van der Waals surface area contributed by atoms with Crippen LogP contribution in [0.3, 0.4) is 0 Å². The molecule has 8 heteroatoms. The van der Waals surface area contributed by atoms with Gasteiger partial charge in [-0.25, -0.2) is 4.79 Å². The molecule has 2 aromatic rings. The van der Waals surface area contributed by atoms with Gasteiger partial charge in [-0.2, -0.15) is 13.2 Å². The summed E-state index contributed by atoms with van der Waals surface area (Å²) in [6.45, 7) is 0. The van der Waals surface area contributed by atoms with Crippen LogP contribution in [0.25, 0.3) is 11.4 Å². The van der Waals surface area contributed by atoms with Crippen molar-refractivity contribution in [3.8, 4) is 11.4 Å². The van der Waals surface area contributed by atoms with E-state index in [1.54, 1.807) is 0 Å². The minimum Gasteiger partial charge on any atom is -0.296 e. The van der Waals surface area contributed by atoms with Crippen LogP contribution in [-0.2, 0) is 6.18 Å². The fraction of sp³-hybridized carbons (Fsp3) is 0.111. The zero-order chi connectivity index (χ0) is 12.6. The predicted octanol–water partition coefficient (Wildman–Crippen LogP) is 2.70. The summed E-state index contributed by atoms with van der Waals surface area (Å²) in [6.07, 6.45) is -4.47. The summed E-state index contributed by atoms with van der Waals surface area (Å²) in [5.74, 6) is -0.829. The molecule has 0 unspecified atom stereocenters. The fourth-order valence-electron chi connectivity index (χ4n) is 1.23. The smallest absolute Gasteiger partial charge is 0.296 e. The summed E-state index contributed by atoms with van der Waals surface area (Å²) < 4.78 is 41.3. The molecule has 0 saturated heterocycles. The van der Waals surface area contributed by atoms with Crippen LogP contribution in [0.5, 0.6) is 0 Å². The standard InChI is InChI=1S/C9H4ClF3N2O2/c10-6-3-4(9(11,12)13)1-2-5(6)7-14-8(16)17-15-7/h1-3H,(H,14,15,16). The van der Waals surface area contributed by atoms with Crippen LogP contribution >= 0.6 is 11.6 Å². The van der Waals surface area contributed by atoms with Gasteiger partial charge in [-0.3, -0.25) is 9.51 Å². The number of H-pyrrole nitrogens is 1. The Hall–Kier alpha value is -1.76. The van der Waals surface area contributed by atoms with Crippen molar-refractivity contribution in [1.82, 2.24) is 10.1 Å². The van der Waals surface area contributed by atoms with Crippen molar-refractivity contribution in [2.45, 2.75) is 6.18 Å². The van der Waals surface area contributed by atoms with Crippen molar-refractivity contribution in [2.24, 2.45) is 0 Å². The molecule has 2 rings (SSSR count). The number of rotatable bonds is 1. The first kappa shape index (κ1) is 11.7. The number of halogens is 4. The lowest BCUT2D eigenvalue weighted by Gasteiger charge is -2.08. The Morgan fingerprint density at radius 3 is 2.53 bits per heavy atom. The molecule has 90 valence electrons. The maximum atomic E-state index is 12.4. The number of aromatic amines is 1. The van der Waals surface area contributed by atoms with E-state index in [1.165, 1.54) is 0 Å². The molecule has 0 radical (unpaired) electrons. The first-order valence-electron chi connectivity index (χ1n) is 4.31. The normalized spacial score (nSPS) is 11.8. The zero-order valence-electron chi connectivity index (χ0n) is 8.01. The second-order valence-corrected chi connectivity index (χ2v) is 3.54. The minimum atomic E-state index is -4.47. The number of nitrogens with one attached hydrogen (secondary N) is 1. The Balaban J connectivity index is 2.49. The van der Waals surface area contributed by atoms with Crippen LogP contribution in [0.15, 0.2) is 27.5 Å². The highest BCUT2D eigenvalue weighted by molar-refractivity contribution is 6.33. The van der Waals surface area contributed by atoms with Gasteiger partial charge in [0.25, 0.3) is 0 Å². The van der Waals surface area contributed by atoms with Crippen LogP contribution in [0, 0.1) is 0 Å². The third kappa shape index (κ3) is 2.33. The molecule has 0 saturated carbocycles. The molecule has 0 atom stereocenters. The summed E-state index contributed by atoms with van der Waals surface area (Å²) in [7, 11) is 0. The van der Waals surface area contributed by atoms with Crippen LogP contribution in [0.4, 0.5) is 13.2 Å². The van der Waals surface area contributed by atoms with E-state index in [0.29, 0.717) is 0 Å². The van der Waals surface area contributed by atoms with Crippen molar-refractivity contribution in [3.05, 3.63) is 39.3 Å². The van der Waals surface area contributed by atoms with E-state index in [1.807, 2.05) is 0 Å². The lowest BCUT2D eigenvalue weighted by molar-refractivity contribution is -0.137. The van der Waals surface area contributed by atoms with Gasteiger partial charge < -0.3 is 0 Å². The van der Waals surface area contributed by atoms with Gasteiger partial charge in [-0.1, -0.05) is 16.8 Å². The molecular formula is C9H4ClF3N2O2. The topological polar surface area (TPSA) is 58.9 Å². The third-order valence-corrected chi connectivity index (χ3v) is 2.30. The van der Waals surface area contributed by atoms with Gasteiger partial charge in [0.1, 0.15) is 0 Å². The minimum absolute atomic E-state index is 0.0197. The number of aromatic nitrogens is 2. The molecule has 0 fully saturated rings. The first-order chi connectivity index (χ1) is 7.88. The Bertz CT molecular complexity index is 603. The van der Waals surface area contributed by atoms with E-state index in [-0.39, 0.29) is 16.4 Å². The van der Waals surface area contributed by atoms with Crippen LogP contribution < -0.4 is 5.76 Å². The van der Waals surface area contributed by atoms with Crippen molar-refractivity contribution in [3.63, 3.8) is 0 Å². The Kier molecular flexibility index (Phi) is 2.70. The second kappa shape index (κ2) is 3.92. The van der Waals surface area contributed by atoms with Crippen molar-refractivity contribution < 1.29 is 17.7 Å². The summed E-state index contributed by atoms with van der Waals surface area (Å²) in [5, 5.41) is 3.15. The Labute approximate surface area is 97.0 Å². The van der Waals surface area contributed by atoms with Crippen molar-refractivity contribution in [1.29, 1.82) is 0 Å². The molecule has 0 aliphatic heterocycles. The largest absolute Gasteiger partial charge is 0.439 e. The molecule has 0 spiro atoms. The Morgan fingerprint density at radius 1 is 1.35 bits per heavy atom. The quantitative estimate of drug-likeness (QED) is 0.861. The van der Waals surface area contributed by atoms with Gasteiger partial charge in [-0.05, 0) is 18.2 Å². The first-order valence-corrected chi connectivity index (χ1v) is 4.69. The molecule has 0 aliphatic rings. The third-order valence-electron chi connectivity index (χ3n) is 1.99. The van der Waals surface area contributed by atoms with Crippen LogP contribution in [-0.4, -0.2) is 10.1 Å². The number of benzene rings is 1. The number of alkyl halides is 3. The van der Waals surface area contributed by atoms with Gasteiger partial charge in [0, 0.05) is 5.56 Å². The van der Waals surface area contributed by atoms with Gasteiger partial charge in [0.05, 0.1) is 10.6 Å². The molecule has 4 nitrogen and oxygen atoms in total. The molecule has 1 heterocycles. The highest BCUT2D eigenvalue weighted by Gasteiger charge is 2.31. The number of nitrogens with zero attached hydrogens (tertiary/aromatic N) is 1. The zero-order valence-corrected chi connectivity index (χ0v) is 8.76. The maximum absolute atomic E-state index is 12.4. The summed E-state index contributed by atoms with van der Waals surface area (Å²) in [5.41, 5.74) is -0.720. The van der Waals surface area contributed by atoms with Gasteiger partial charge in [-0.15, -0.1) is 0 Å². The molecule has 1 N–H and O–H groups in total. The molecule has 1 aromatic carbocycles. The molecular weight excluding hydrogens is 261 g/mol. The van der Waals surface area contributed by atoms with Crippen molar-refractivity contribution in [2.75, 3.05) is 0 Å².